The molecule has 0 aliphatic carbocycles. The second-order valence-electron chi connectivity index (χ2n) is 6.83. The molecule has 5 nitrogen and oxygen atoms in total. The summed E-state index contributed by atoms with van der Waals surface area (Å²) in [5, 5.41) is 3.16. The van der Waals surface area contributed by atoms with Crippen molar-refractivity contribution in [1.29, 1.82) is 0 Å². The summed E-state index contributed by atoms with van der Waals surface area (Å²) in [6.07, 6.45) is -1.62. The van der Waals surface area contributed by atoms with Crippen molar-refractivity contribution in [1.82, 2.24) is 15.2 Å². The number of hydrogen-bond donors (Lipinski definition) is 1. The summed E-state index contributed by atoms with van der Waals surface area (Å²) < 4.78 is 43.2. The number of hydrogen-bond acceptors (Lipinski definition) is 4. The fraction of sp³-hybridized carbons (Fsp3) is 0.400. The minimum Gasteiger partial charge on any atom is -0.439 e. The van der Waals surface area contributed by atoms with E-state index in [0.717, 1.165) is 50.8 Å². The molecular weight excluding hydrogens is 442 g/mol. The highest BCUT2D eigenvalue weighted by Gasteiger charge is 2.30. The highest BCUT2D eigenvalue weighted by atomic mass is 35.5. The third-order valence-electron chi connectivity index (χ3n) is 4.69. The minimum absolute atomic E-state index is 0. The number of rotatable bonds is 5. The smallest absolute Gasteiger partial charge is 0.417 e. The minimum atomic E-state index is -4.44. The maximum absolute atomic E-state index is 12.7. The van der Waals surface area contributed by atoms with Crippen LogP contribution in [0.15, 0.2) is 42.6 Å². The van der Waals surface area contributed by atoms with Crippen molar-refractivity contribution in [3.8, 4) is 11.6 Å². The van der Waals surface area contributed by atoms with Crippen molar-refractivity contribution in [3.05, 3.63) is 53.7 Å². The zero-order valence-corrected chi connectivity index (χ0v) is 17.9. The molecule has 1 atom stereocenters. The maximum atomic E-state index is 12.7. The van der Waals surface area contributed by atoms with Gasteiger partial charge in [-0.05, 0) is 62.7 Å². The largest absolute Gasteiger partial charge is 0.439 e. The van der Waals surface area contributed by atoms with E-state index in [-0.39, 0.29) is 36.6 Å². The van der Waals surface area contributed by atoms with Gasteiger partial charge in [-0.15, -0.1) is 24.8 Å². The van der Waals surface area contributed by atoms with Gasteiger partial charge in [0.15, 0.2) is 0 Å². The molecule has 166 valence electrons. The lowest BCUT2D eigenvalue weighted by atomic mass is 9.97. The molecular formula is C20H24Cl2F3N3O2. The third-order valence-corrected chi connectivity index (χ3v) is 4.69. The molecule has 1 aromatic carbocycles. The van der Waals surface area contributed by atoms with Gasteiger partial charge in [0.2, 0.25) is 5.88 Å². The molecule has 10 heteroatoms. The lowest BCUT2D eigenvalue weighted by Gasteiger charge is -2.32. The molecule has 1 N–H and O–H groups in total. The van der Waals surface area contributed by atoms with Crippen LogP contribution < -0.4 is 10.1 Å². The Kier molecular flexibility index (Phi) is 9.87. The fourth-order valence-corrected chi connectivity index (χ4v) is 3.28. The molecule has 2 aromatic rings. The summed E-state index contributed by atoms with van der Waals surface area (Å²) in [6, 6.07) is 8.62. The molecule has 1 aromatic heterocycles. The molecule has 3 rings (SSSR count). The van der Waals surface area contributed by atoms with Gasteiger partial charge in [0, 0.05) is 30.9 Å². The predicted octanol–water partition coefficient (Wildman–Crippen LogP) is 4.81. The van der Waals surface area contributed by atoms with Gasteiger partial charge in [-0.1, -0.05) is 0 Å². The summed E-state index contributed by atoms with van der Waals surface area (Å²) >= 11 is 0. The van der Waals surface area contributed by atoms with Crippen LogP contribution in [0.25, 0.3) is 0 Å². The monoisotopic (exact) mass is 465 g/mol. The Labute approximate surface area is 185 Å². The van der Waals surface area contributed by atoms with Crippen LogP contribution >= 0.6 is 24.8 Å². The number of amides is 1. The molecule has 1 aliphatic rings. The fourth-order valence-electron chi connectivity index (χ4n) is 3.28. The summed E-state index contributed by atoms with van der Waals surface area (Å²) in [6.45, 7) is 2.36. The standard InChI is InChI=1S/C20H22F3N3O2.2ClH/c1-24-11-14-3-2-10-26(13-14)19(27)15-4-7-17(8-5-15)28-18-9-6-16(12-25-18)20(21,22)23;;/h4-9,12,14,24H,2-3,10-11,13H2,1H3;2*1H. The van der Waals surface area contributed by atoms with Crippen LogP contribution in [0.3, 0.4) is 0 Å². The lowest BCUT2D eigenvalue weighted by molar-refractivity contribution is -0.137. The number of carbonyl (C=O) groups excluding carboxylic acids is 1. The lowest BCUT2D eigenvalue weighted by Crippen LogP contribution is -2.42. The summed E-state index contributed by atoms with van der Waals surface area (Å²) in [7, 11) is 1.91. The number of nitrogens with zero attached hydrogens (tertiary/aromatic N) is 2. The number of halogens is 5. The van der Waals surface area contributed by atoms with E-state index in [1.54, 1.807) is 24.3 Å². The first kappa shape index (κ1) is 26.0. The highest BCUT2D eigenvalue weighted by Crippen LogP contribution is 2.30. The maximum Gasteiger partial charge on any atom is 0.417 e. The number of pyridine rings is 1. The van der Waals surface area contributed by atoms with Gasteiger partial charge in [0.05, 0.1) is 5.56 Å². The van der Waals surface area contributed by atoms with E-state index >= 15 is 0 Å². The van der Waals surface area contributed by atoms with Crippen LogP contribution in [0.2, 0.25) is 0 Å². The number of nitrogens with one attached hydrogen (secondary N) is 1. The number of benzene rings is 1. The van der Waals surface area contributed by atoms with Gasteiger partial charge >= 0.3 is 6.18 Å². The van der Waals surface area contributed by atoms with Crippen LogP contribution in [0.1, 0.15) is 28.8 Å². The van der Waals surface area contributed by atoms with Crippen molar-refractivity contribution in [2.45, 2.75) is 19.0 Å². The van der Waals surface area contributed by atoms with E-state index in [9.17, 15) is 18.0 Å². The number of likely N-dealkylation sites (tertiary alicyclic amines) is 1. The van der Waals surface area contributed by atoms with Crippen molar-refractivity contribution in [2.75, 3.05) is 26.7 Å². The van der Waals surface area contributed by atoms with Gasteiger partial charge in [-0.25, -0.2) is 4.98 Å². The number of carbonyl (C=O) groups is 1. The summed E-state index contributed by atoms with van der Waals surface area (Å²) in [4.78, 5) is 18.2. The molecule has 1 aliphatic heterocycles. The molecule has 2 heterocycles. The van der Waals surface area contributed by atoms with Gasteiger partial charge in [-0.2, -0.15) is 13.2 Å². The second-order valence-corrected chi connectivity index (χ2v) is 6.83. The normalized spacial score (nSPS) is 16.3. The number of alkyl halides is 3. The van der Waals surface area contributed by atoms with Crippen molar-refractivity contribution in [3.63, 3.8) is 0 Å². The van der Waals surface area contributed by atoms with Crippen LogP contribution in [0, 0.1) is 5.92 Å². The van der Waals surface area contributed by atoms with Crippen molar-refractivity contribution >= 4 is 30.7 Å². The van der Waals surface area contributed by atoms with Crippen LogP contribution in [-0.4, -0.2) is 42.5 Å². The first-order valence-corrected chi connectivity index (χ1v) is 9.12. The van der Waals surface area contributed by atoms with E-state index in [0.29, 0.717) is 17.2 Å². The molecule has 1 amide bonds. The van der Waals surface area contributed by atoms with E-state index in [2.05, 4.69) is 10.3 Å². The summed E-state index contributed by atoms with van der Waals surface area (Å²) in [5.74, 6) is 0.879. The van der Waals surface area contributed by atoms with Gasteiger partial charge in [0.25, 0.3) is 5.91 Å². The van der Waals surface area contributed by atoms with E-state index < -0.39 is 11.7 Å². The molecule has 1 fully saturated rings. The van der Waals surface area contributed by atoms with Crippen LogP contribution in [0.4, 0.5) is 13.2 Å². The Morgan fingerprint density at radius 3 is 2.47 bits per heavy atom. The Morgan fingerprint density at radius 1 is 1.20 bits per heavy atom. The zero-order valence-electron chi connectivity index (χ0n) is 16.3. The van der Waals surface area contributed by atoms with Gasteiger partial charge < -0.3 is 15.0 Å². The average Bonchev–Trinajstić information content (AvgIpc) is 2.68. The molecule has 30 heavy (non-hydrogen) atoms. The number of ether oxygens (including phenoxy) is 1. The topological polar surface area (TPSA) is 54.5 Å². The molecule has 1 unspecified atom stereocenters. The number of aromatic nitrogens is 1. The quantitative estimate of drug-likeness (QED) is 0.688. The zero-order chi connectivity index (χ0) is 20.1. The first-order chi connectivity index (χ1) is 13.4. The SMILES string of the molecule is CNCC1CCCN(C(=O)c2ccc(Oc3ccc(C(F)(F)F)cn3)cc2)C1.Cl.Cl. The van der Waals surface area contributed by atoms with Gasteiger partial charge in [0.1, 0.15) is 5.75 Å². The molecule has 0 saturated carbocycles. The molecule has 0 bridgehead atoms. The average molecular weight is 466 g/mol. The third kappa shape index (κ3) is 6.75. The van der Waals surface area contributed by atoms with E-state index in [1.807, 2.05) is 11.9 Å². The highest BCUT2D eigenvalue weighted by molar-refractivity contribution is 5.94. The predicted molar refractivity (Wildman–Crippen MR) is 113 cm³/mol. The van der Waals surface area contributed by atoms with Crippen LogP contribution in [-0.2, 0) is 6.18 Å². The summed E-state index contributed by atoms with van der Waals surface area (Å²) in [5.41, 5.74) is -0.281. The molecule has 1 saturated heterocycles. The van der Waals surface area contributed by atoms with E-state index in [1.165, 1.54) is 0 Å². The molecule has 0 spiro atoms. The number of piperidine rings is 1. The van der Waals surface area contributed by atoms with Crippen LogP contribution in [0.5, 0.6) is 11.6 Å². The Hall–Kier alpha value is -2.03. The van der Waals surface area contributed by atoms with E-state index in [4.69, 9.17) is 4.74 Å². The first-order valence-electron chi connectivity index (χ1n) is 9.12. The van der Waals surface area contributed by atoms with Crippen molar-refractivity contribution in [2.24, 2.45) is 5.92 Å². The second kappa shape index (κ2) is 11.4. The van der Waals surface area contributed by atoms with Gasteiger partial charge in [-0.3, -0.25) is 4.79 Å². The van der Waals surface area contributed by atoms with Crippen molar-refractivity contribution < 1.29 is 22.7 Å². The Balaban J connectivity index is 0.00000225. The Morgan fingerprint density at radius 2 is 1.90 bits per heavy atom. The Bertz CT molecular complexity index is 800. The molecule has 0 radical (unpaired) electrons.